The molecule has 1 aliphatic carbocycles. The molecule has 0 unspecified atom stereocenters. The zero-order chi connectivity index (χ0) is 14.0. The minimum atomic E-state index is -0.0323. The molecule has 0 bridgehead atoms. The predicted octanol–water partition coefficient (Wildman–Crippen LogP) is 5.03. The first kappa shape index (κ1) is 13.8. The summed E-state index contributed by atoms with van der Waals surface area (Å²) in [6, 6.07) is 8.58. The second kappa shape index (κ2) is 5.16. The molecule has 0 heterocycles. The monoisotopic (exact) mass is 253 g/mol. The molecule has 100 valence electrons. The van der Waals surface area contributed by atoms with Gasteiger partial charge in [-0.1, -0.05) is 42.0 Å². The van der Waals surface area contributed by atoms with Crippen LogP contribution in [-0.4, -0.2) is 11.3 Å². The number of allylic oxidation sites excluding steroid dienone is 4. The lowest BCUT2D eigenvalue weighted by Crippen LogP contribution is -2.14. The van der Waals surface area contributed by atoms with Gasteiger partial charge in [-0.15, -0.1) is 0 Å². The average Bonchev–Trinajstić information content (AvgIpc) is 2.73. The molecular formula is C18H23N. The minimum absolute atomic E-state index is 0.0323. The summed E-state index contributed by atoms with van der Waals surface area (Å²) >= 11 is 0. The molecule has 19 heavy (non-hydrogen) atoms. The Labute approximate surface area is 116 Å². The number of hydrogen-bond acceptors (Lipinski definition) is 1. The second-order valence-electron chi connectivity index (χ2n) is 6.24. The van der Waals surface area contributed by atoms with Gasteiger partial charge < -0.3 is 0 Å². The van der Waals surface area contributed by atoms with Crippen molar-refractivity contribution >= 4 is 11.3 Å². The summed E-state index contributed by atoms with van der Waals surface area (Å²) in [7, 11) is 0. The van der Waals surface area contributed by atoms with Gasteiger partial charge in [-0.2, -0.15) is 0 Å². The molecule has 0 radical (unpaired) electrons. The molecule has 0 N–H and O–H groups in total. The van der Waals surface area contributed by atoms with Crippen LogP contribution in [0.15, 0.2) is 47.0 Å². The van der Waals surface area contributed by atoms with Crippen molar-refractivity contribution in [3.63, 3.8) is 0 Å². The first-order chi connectivity index (χ1) is 8.87. The molecule has 1 aromatic rings. The van der Waals surface area contributed by atoms with Crippen LogP contribution in [0.4, 0.5) is 0 Å². The van der Waals surface area contributed by atoms with Crippen LogP contribution in [0.25, 0.3) is 5.57 Å². The van der Waals surface area contributed by atoms with Gasteiger partial charge in [0.1, 0.15) is 0 Å². The fourth-order valence-electron chi connectivity index (χ4n) is 2.49. The number of aliphatic imine (C=N–C) groups is 1. The second-order valence-corrected chi connectivity index (χ2v) is 6.24. The lowest BCUT2D eigenvalue weighted by molar-refractivity contribution is 0.584. The van der Waals surface area contributed by atoms with Crippen LogP contribution in [0.5, 0.6) is 0 Å². The van der Waals surface area contributed by atoms with Crippen molar-refractivity contribution in [1.29, 1.82) is 0 Å². The largest absolute Gasteiger partial charge is 0.284 e. The Morgan fingerprint density at radius 3 is 2.42 bits per heavy atom. The molecule has 0 saturated heterocycles. The summed E-state index contributed by atoms with van der Waals surface area (Å²) < 4.78 is 0. The lowest BCUT2D eigenvalue weighted by Gasteiger charge is -2.16. The van der Waals surface area contributed by atoms with Crippen LogP contribution in [0.1, 0.15) is 52.2 Å². The summed E-state index contributed by atoms with van der Waals surface area (Å²) in [6.07, 6.45) is 5.59. The maximum Gasteiger partial charge on any atom is 0.0527 e. The minimum Gasteiger partial charge on any atom is -0.284 e. The molecule has 1 aliphatic rings. The highest BCUT2D eigenvalue weighted by Crippen LogP contribution is 2.29. The SMILES string of the molecule is CC1=CCC(c2ccccc2C(C)=NC(C)(C)C)=C1. The quantitative estimate of drug-likeness (QED) is 0.656. The van der Waals surface area contributed by atoms with E-state index >= 15 is 0 Å². The summed E-state index contributed by atoms with van der Waals surface area (Å²) in [5.41, 5.74) is 6.42. The van der Waals surface area contributed by atoms with Crippen LogP contribution < -0.4 is 0 Å². The maximum absolute atomic E-state index is 4.80. The Kier molecular flexibility index (Phi) is 3.75. The third-order valence-corrected chi connectivity index (χ3v) is 3.21. The molecule has 1 aromatic carbocycles. The molecule has 0 spiro atoms. The van der Waals surface area contributed by atoms with E-state index in [1.165, 1.54) is 22.3 Å². The van der Waals surface area contributed by atoms with E-state index in [0.29, 0.717) is 0 Å². The highest BCUT2D eigenvalue weighted by atomic mass is 14.8. The molecule has 0 fully saturated rings. The van der Waals surface area contributed by atoms with Crippen molar-refractivity contribution in [3.05, 3.63) is 53.1 Å². The molecule has 2 rings (SSSR count). The zero-order valence-corrected chi connectivity index (χ0v) is 12.6. The van der Waals surface area contributed by atoms with Gasteiger partial charge in [-0.25, -0.2) is 0 Å². The molecule has 0 aliphatic heterocycles. The molecule has 0 aromatic heterocycles. The van der Waals surface area contributed by atoms with Crippen LogP contribution in [-0.2, 0) is 0 Å². The van der Waals surface area contributed by atoms with Crippen LogP contribution in [0, 0.1) is 0 Å². The van der Waals surface area contributed by atoms with Crippen molar-refractivity contribution in [2.75, 3.05) is 0 Å². The van der Waals surface area contributed by atoms with Crippen LogP contribution >= 0.6 is 0 Å². The Morgan fingerprint density at radius 2 is 1.84 bits per heavy atom. The van der Waals surface area contributed by atoms with E-state index in [1.54, 1.807) is 0 Å². The van der Waals surface area contributed by atoms with Crippen LogP contribution in [0.2, 0.25) is 0 Å². The Bertz CT molecular complexity index is 566. The Balaban J connectivity index is 2.43. The number of hydrogen-bond donors (Lipinski definition) is 0. The van der Waals surface area contributed by atoms with Crippen molar-refractivity contribution < 1.29 is 0 Å². The first-order valence-corrected chi connectivity index (χ1v) is 6.90. The predicted molar refractivity (Wildman–Crippen MR) is 84.8 cm³/mol. The average molecular weight is 253 g/mol. The normalized spacial score (nSPS) is 16.4. The lowest BCUT2D eigenvalue weighted by atomic mass is 9.96. The Morgan fingerprint density at radius 1 is 1.16 bits per heavy atom. The molecule has 0 amide bonds. The van der Waals surface area contributed by atoms with E-state index in [1.807, 2.05) is 0 Å². The van der Waals surface area contributed by atoms with Crippen molar-refractivity contribution in [2.45, 2.75) is 46.6 Å². The summed E-state index contributed by atoms with van der Waals surface area (Å²) in [5.74, 6) is 0. The van der Waals surface area contributed by atoms with E-state index in [4.69, 9.17) is 4.99 Å². The third-order valence-electron chi connectivity index (χ3n) is 3.21. The van der Waals surface area contributed by atoms with E-state index in [2.05, 4.69) is 71.0 Å². The van der Waals surface area contributed by atoms with Gasteiger partial charge in [0.05, 0.1) is 5.54 Å². The fourth-order valence-corrected chi connectivity index (χ4v) is 2.49. The highest BCUT2D eigenvalue weighted by Gasteiger charge is 2.14. The van der Waals surface area contributed by atoms with Gasteiger partial charge in [-0.05, 0) is 52.2 Å². The molecular weight excluding hydrogens is 230 g/mol. The van der Waals surface area contributed by atoms with Crippen molar-refractivity contribution in [2.24, 2.45) is 4.99 Å². The van der Waals surface area contributed by atoms with Gasteiger partial charge in [0.25, 0.3) is 0 Å². The Hall–Kier alpha value is -1.63. The topological polar surface area (TPSA) is 12.4 Å². The molecule has 1 heteroatoms. The van der Waals surface area contributed by atoms with Gasteiger partial charge >= 0.3 is 0 Å². The maximum atomic E-state index is 4.80. The summed E-state index contributed by atoms with van der Waals surface area (Å²) in [4.78, 5) is 4.80. The summed E-state index contributed by atoms with van der Waals surface area (Å²) in [5, 5.41) is 0. The number of nitrogens with zero attached hydrogens (tertiary/aromatic N) is 1. The van der Waals surface area contributed by atoms with E-state index < -0.39 is 0 Å². The van der Waals surface area contributed by atoms with Crippen molar-refractivity contribution in [1.82, 2.24) is 0 Å². The fraction of sp³-hybridized carbons (Fsp3) is 0.389. The molecule has 0 saturated carbocycles. The van der Waals surface area contributed by atoms with Gasteiger partial charge in [0, 0.05) is 11.3 Å². The summed E-state index contributed by atoms with van der Waals surface area (Å²) in [6.45, 7) is 10.7. The van der Waals surface area contributed by atoms with Gasteiger partial charge in [0.15, 0.2) is 0 Å². The van der Waals surface area contributed by atoms with E-state index in [9.17, 15) is 0 Å². The zero-order valence-electron chi connectivity index (χ0n) is 12.6. The smallest absolute Gasteiger partial charge is 0.0527 e. The third kappa shape index (κ3) is 3.44. The molecule has 1 nitrogen and oxygen atoms in total. The number of rotatable bonds is 2. The van der Waals surface area contributed by atoms with Crippen molar-refractivity contribution in [3.8, 4) is 0 Å². The van der Waals surface area contributed by atoms with Gasteiger partial charge in [-0.3, -0.25) is 4.99 Å². The van der Waals surface area contributed by atoms with E-state index in [0.717, 1.165) is 12.1 Å². The first-order valence-electron chi connectivity index (χ1n) is 6.90. The highest BCUT2D eigenvalue weighted by molar-refractivity contribution is 6.03. The number of benzene rings is 1. The van der Waals surface area contributed by atoms with Gasteiger partial charge in [0.2, 0.25) is 0 Å². The van der Waals surface area contributed by atoms with Crippen LogP contribution in [0.3, 0.4) is 0 Å². The standard InChI is InChI=1S/C18H23N/c1-13-10-11-15(12-13)17-9-7-6-8-16(17)14(2)19-18(3,4)5/h6-10,12H,11H2,1-5H3. The molecule has 0 atom stereocenters. The van der Waals surface area contributed by atoms with E-state index in [-0.39, 0.29) is 5.54 Å².